The molecule has 0 radical (unpaired) electrons. The van der Waals surface area contributed by atoms with Crippen molar-refractivity contribution in [3.8, 4) is 11.4 Å². The number of nitrogens with one attached hydrogen (secondary N) is 1. The SMILES string of the molecule is COc1ccc(CNCC(C)(C)C)c(C)c1-n1ccc2ccccc2c1=O. The first-order chi connectivity index (χ1) is 12.8. The average molecular weight is 364 g/mol. The smallest absolute Gasteiger partial charge is 0.263 e. The molecule has 1 N–H and O–H groups in total. The Bertz CT molecular complexity index is 1010. The lowest BCUT2D eigenvalue weighted by Crippen LogP contribution is -2.27. The Morgan fingerprint density at radius 3 is 2.52 bits per heavy atom. The van der Waals surface area contributed by atoms with Crippen LogP contribution < -0.4 is 15.6 Å². The third kappa shape index (κ3) is 4.06. The Labute approximate surface area is 160 Å². The number of hydrogen-bond acceptors (Lipinski definition) is 3. The van der Waals surface area contributed by atoms with Crippen LogP contribution in [-0.4, -0.2) is 18.2 Å². The van der Waals surface area contributed by atoms with Gasteiger partial charge in [0, 0.05) is 24.7 Å². The molecular weight excluding hydrogens is 336 g/mol. The van der Waals surface area contributed by atoms with Crippen molar-refractivity contribution in [3.63, 3.8) is 0 Å². The summed E-state index contributed by atoms with van der Waals surface area (Å²) in [7, 11) is 1.64. The number of methoxy groups -OCH3 is 1. The topological polar surface area (TPSA) is 43.3 Å². The molecule has 4 heteroatoms. The molecular formula is C23H28N2O2. The van der Waals surface area contributed by atoms with Crippen molar-refractivity contribution in [2.75, 3.05) is 13.7 Å². The van der Waals surface area contributed by atoms with E-state index in [9.17, 15) is 4.79 Å². The van der Waals surface area contributed by atoms with E-state index < -0.39 is 0 Å². The van der Waals surface area contributed by atoms with E-state index in [-0.39, 0.29) is 11.0 Å². The summed E-state index contributed by atoms with van der Waals surface area (Å²) in [5, 5.41) is 5.16. The van der Waals surface area contributed by atoms with Gasteiger partial charge in [-0.05, 0) is 47.1 Å². The van der Waals surface area contributed by atoms with Crippen LogP contribution >= 0.6 is 0 Å². The van der Waals surface area contributed by atoms with Gasteiger partial charge in [-0.25, -0.2) is 0 Å². The van der Waals surface area contributed by atoms with Gasteiger partial charge in [0.15, 0.2) is 0 Å². The minimum absolute atomic E-state index is 0.0331. The highest BCUT2D eigenvalue weighted by atomic mass is 16.5. The molecule has 3 rings (SSSR count). The highest BCUT2D eigenvalue weighted by Crippen LogP contribution is 2.29. The van der Waals surface area contributed by atoms with E-state index in [1.165, 1.54) is 0 Å². The summed E-state index contributed by atoms with van der Waals surface area (Å²) in [5.41, 5.74) is 3.21. The molecule has 27 heavy (non-hydrogen) atoms. The molecule has 0 fully saturated rings. The van der Waals surface area contributed by atoms with Crippen molar-refractivity contribution in [2.24, 2.45) is 5.41 Å². The van der Waals surface area contributed by atoms with Gasteiger partial charge < -0.3 is 10.1 Å². The largest absolute Gasteiger partial charge is 0.495 e. The Balaban J connectivity index is 2.08. The zero-order chi connectivity index (χ0) is 19.6. The van der Waals surface area contributed by atoms with E-state index in [4.69, 9.17) is 4.74 Å². The lowest BCUT2D eigenvalue weighted by Gasteiger charge is -2.21. The maximum Gasteiger partial charge on any atom is 0.263 e. The zero-order valence-electron chi connectivity index (χ0n) is 16.8. The number of nitrogens with zero attached hydrogens (tertiary/aromatic N) is 1. The lowest BCUT2D eigenvalue weighted by molar-refractivity contribution is 0.379. The van der Waals surface area contributed by atoms with E-state index in [1.807, 2.05) is 49.5 Å². The standard InChI is InChI=1S/C23H28N2O2/c1-16-18(14-24-15-23(2,3)4)10-11-20(27-5)21(16)25-13-12-17-8-6-7-9-19(17)22(25)26/h6-13,24H,14-15H2,1-5H3. The van der Waals surface area contributed by atoms with Crippen molar-refractivity contribution >= 4 is 10.8 Å². The number of fused-ring (bicyclic) bond motifs is 1. The predicted octanol–water partition coefficient (Wildman–Crippen LogP) is 4.44. The molecule has 0 aliphatic carbocycles. The van der Waals surface area contributed by atoms with Gasteiger partial charge in [0.05, 0.1) is 12.8 Å². The molecule has 0 bridgehead atoms. The molecule has 1 heterocycles. The number of benzene rings is 2. The molecule has 0 unspecified atom stereocenters. The minimum Gasteiger partial charge on any atom is -0.495 e. The van der Waals surface area contributed by atoms with E-state index in [0.29, 0.717) is 11.1 Å². The summed E-state index contributed by atoms with van der Waals surface area (Å²) in [5.74, 6) is 0.699. The molecule has 142 valence electrons. The summed E-state index contributed by atoms with van der Waals surface area (Å²) in [6.45, 7) is 10.3. The Hall–Kier alpha value is -2.59. The van der Waals surface area contributed by atoms with Gasteiger partial charge in [-0.15, -0.1) is 0 Å². The fraction of sp³-hybridized carbons (Fsp3) is 0.348. The van der Waals surface area contributed by atoms with Crippen molar-refractivity contribution in [1.29, 1.82) is 0 Å². The second-order valence-corrected chi connectivity index (χ2v) is 8.14. The second kappa shape index (κ2) is 7.57. The Morgan fingerprint density at radius 2 is 1.81 bits per heavy atom. The first-order valence-electron chi connectivity index (χ1n) is 9.30. The van der Waals surface area contributed by atoms with E-state index in [2.05, 4.69) is 32.2 Å². The molecule has 0 atom stereocenters. The molecule has 0 spiro atoms. The fourth-order valence-electron chi connectivity index (χ4n) is 3.31. The number of hydrogen-bond donors (Lipinski definition) is 1. The van der Waals surface area contributed by atoms with Crippen LogP contribution in [0.1, 0.15) is 31.9 Å². The summed E-state index contributed by atoms with van der Waals surface area (Å²) < 4.78 is 7.28. The van der Waals surface area contributed by atoms with Crippen molar-refractivity contribution in [2.45, 2.75) is 34.2 Å². The highest BCUT2D eigenvalue weighted by molar-refractivity contribution is 5.81. The summed E-state index contributed by atoms with van der Waals surface area (Å²) in [6.07, 6.45) is 1.84. The van der Waals surface area contributed by atoms with Crippen molar-refractivity contribution in [3.05, 3.63) is 70.1 Å². The van der Waals surface area contributed by atoms with Crippen LogP contribution in [0.3, 0.4) is 0 Å². The van der Waals surface area contributed by atoms with E-state index in [1.54, 1.807) is 11.7 Å². The van der Waals surface area contributed by atoms with Gasteiger partial charge >= 0.3 is 0 Å². The van der Waals surface area contributed by atoms with Crippen LogP contribution in [0.5, 0.6) is 5.75 Å². The molecule has 1 aromatic heterocycles. The summed E-state index contributed by atoms with van der Waals surface area (Å²) in [6, 6.07) is 13.6. The molecule has 0 aliphatic rings. The van der Waals surface area contributed by atoms with E-state index in [0.717, 1.165) is 35.3 Å². The van der Waals surface area contributed by atoms with Crippen LogP contribution in [0, 0.1) is 12.3 Å². The maximum absolute atomic E-state index is 13.1. The number of pyridine rings is 1. The summed E-state index contributed by atoms with van der Waals surface area (Å²) >= 11 is 0. The minimum atomic E-state index is -0.0331. The highest BCUT2D eigenvalue weighted by Gasteiger charge is 2.16. The number of rotatable bonds is 5. The molecule has 4 nitrogen and oxygen atoms in total. The lowest BCUT2D eigenvalue weighted by atomic mass is 9.96. The zero-order valence-corrected chi connectivity index (χ0v) is 16.8. The molecule has 0 saturated carbocycles. The molecule has 0 amide bonds. The van der Waals surface area contributed by atoms with Crippen molar-refractivity contribution in [1.82, 2.24) is 9.88 Å². The Kier molecular flexibility index (Phi) is 5.38. The maximum atomic E-state index is 13.1. The van der Waals surface area contributed by atoms with Gasteiger partial charge in [-0.2, -0.15) is 0 Å². The van der Waals surface area contributed by atoms with Gasteiger partial charge in [0.1, 0.15) is 5.75 Å². The van der Waals surface area contributed by atoms with Crippen LogP contribution in [-0.2, 0) is 6.54 Å². The number of aromatic nitrogens is 1. The van der Waals surface area contributed by atoms with Crippen LogP contribution in [0.2, 0.25) is 0 Å². The number of ether oxygens (including phenoxy) is 1. The first kappa shape index (κ1) is 19.2. The van der Waals surface area contributed by atoms with Gasteiger partial charge in [-0.3, -0.25) is 9.36 Å². The van der Waals surface area contributed by atoms with Crippen molar-refractivity contribution < 1.29 is 4.74 Å². The average Bonchev–Trinajstić information content (AvgIpc) is 2.63. The molecule has 2 aromatic carbocycles. The molecule has 3 aromatic rings. The predicted molar refractivity (Wildman–Crippen MR) is 112 cm³/mol. The Morgan fingerprint density at radius 1 is 1.07 bits per heavy atom. The quantitative estimate of drug-likeness (QED) is 0.728. The van der Waals surface area contributed by atoms with Crippen LogP contribution in [0.15, 0.2) is 53.5 Å². The van der Waals surface area contributed by atoms with Gasteiger partial charge in [0.2, 0.25) is 0 Å². The fourth-order valence-corrected chi connectivity index (χ4v) is 3.31. The molecule has 0 saturated heterocycles. The molecule has 0 aliphatic heterocycles. The van der Waals surface area contributed by atoms with Gasteiger partial charge in [0.25, 0.3) is 5.56 Å². The monoisotopic (exact) mass is 364 g/mol. The van der Waals surface area contributed by atoms with Crippen LogP contribution in [0.25, 0.3) is 16.5 Å². The normalized spacial score (nSPS) is 11.7. The van der Waals surface area contributed by atoms with Gasteiger partial charge in [-0.1, -0.05) is 45.0 Å². The summed E-state index contributed by atoms with van der Waals surface area (Å²) in [4.78, 5) is 13.1. The third-order valence-corrected chi connectivity index (χ3v) is 4.75. The van der Waals surface area contributed by atoms with E-state index >= 15 is 0 Å². The first-order valence-corrected chi connectivity index (χ1v) is 9.30. The van der Waals surface area contributed by atoms with Crippen LogP contribution in [0.4, 0.5) is 0 Å². The third-order valence-electron chi connectivity index (χ3n) is 4.75. The second-order valence-electron chi connectivity index (χ2n) is 8.14.